The Balaban J connectivity index is 1.88. The van der Waals surface area contributed by atoms with Crippen molar-refractivity contribution in [3.8, 4) is 5.75 Å². The van der Waals surface area contributed by atoms with Crippen LogP contribution in [0.25, 0.3) is 0 Å². The van der Waals surface area contributed by atoms with Crippen LogP contribution < -0.4 is 15.0 Å². The van der Waals surface area contributed by atoms with Crippen molar-refractivity contribution in [1.82, 2.24) is 4.98 Å². The molecule has 3 rings (SSSR count). The number of pyridine rings is 1. The summed E-state index contributed by atoms with van der Waals surface area (Å²) < 4.78 is 6.11. The van der Waals surface area contributed by atoms with Crippen LogP contribution in [-0.4, -0.2) is 34.4 Å². The number of rotatable bonds is 4. The first-order valence-electron chi connectivity index (χ1n) is 7.53. The molecule has 0 saturated heterocycles. The van der Waals surface area contributed by atoms with Gasteiger partial charge >= 0.3 is 5.82 Å². The van der Waals surface area contributed by atoms with Crippen molar-refractivity contribution >= 4 is 45.1 Å². The van der Waals surface area contributed by atoms with Crippen LogP contribution in [0.4, 0.5) is 17.3 Å². The zero-order valence-electron chi connectivity index (χ0n) is 13.5. The highest BCUT2D eigenvalue weighted by molar-refractivity contribution is 9.10. The number of nitrogens with zero attached hydrogens (tertiary/aromatic N) is 3. The lowest BCUT2D eigenvalue weighted by molar-refractivity contribution is -0.389. The van der Waals surface area contributed by atoms with Crippen LogP contribution in [0.3, 0.4) is 0 Å². The van der Waals surface area contributed by atoms with Crippen LogP contribution in [0.2, 0.25) is 0 Å². The number of hydrogen-bond donors (Lipinski definition) is 1. The smallest absolute Gasteiger partial charge is 0.366 e. The maximum atomic E-state index is 12.6. The van der Waals surface area contributed by atoms with Crippen LogP contribution in [0.15, 0.2) is 40.9 Å². The molecule has 2 heterocycles. The molecule has 0 aliphatic carbocycles. The molecule has 1 atom stereocenters. The zero-order chi connectivity index (χ0) is 18.8. The fourth-order valence-corrected chi connectivity index (χ4v) is 2.70. The number of carbonyl (C=O) groups is 2. The van der Waals surface area contributed by atoms with Crippen molar-refractivity contribution in [2.24, 2.45) is 0 Å². The molecule has 2 aromatic rings. The molecule has 1 aliphatic rings. The topological polar surface area (TPSA) is 115 Å². The number of nitrogens with one attached hydrogen (secondary N) is 1. The van der Waals surface area contributed by atoms with Crippen molar-refractivity contribution in [1.29, 1.82) is 0 Å². The third kappa shape index (κ3) is 3.49. The largest absolute Gasteiger partial charge is 0.477 e. The van der Waals surface area contributed by atoms with Gasteiger partial charge in [-0.25, -0.2) is 0 Å². The van der Waals surface area contributed by atoms with E-state index in [-0.39, 0.29) is 18.2 Å². The molecule has 1 aromatic heterocycles. The summed E-state index contributed by atoms with van der Waals surface area (Å²) in [5.74, 6) is -1.24. The second kappa shape index (κ2) is 7.08. The highest BCUT2D eigenvalue weighted by Gasteiger charge is 2.38. The van der Waals surface area contributed by atoms with Gasteiger partial charge in [-0.15, -0.1) is 0 Å². The molecule has 0 fully saturated rings. The molecule has 0 spiro atoms. The number of hydrogen-bond acceptors (Lipinski definition) is 6. The lowest BCUT2D eigenvalue weighted by Crippen LogP contribution is -2.50. The van der Waals surface area contributed by atoms with Crippen molar-refractivity contribution in [2.45, 2.75) is 13.0 Å². The van der Waals surface area contributed by atoms with E-state index in [4.69, 9.17) is 4.74 Å². The van der Waals surface area contributed by atoms with Crippen LogP contribution in [-0.2, 0) is 9.59 Å². The minimum absolute atomic E-state index is 0.0473. The first-order chi connectivity index (χ1) is 12.4. The van der Waals surface area contributed by atoms with Crippen molar-refractivity contribution in [3.63, 3.8) is 0 Å². The number of anilines is 2. The van der Waals surface area contributed by atoms with Gasteiger partial charge in [0, 0.05) is 16.2 Å². The van der Waals surface area contributed by atoms with Crippen LogP contribution >= 0.6 is 15.9 Å². The highest BCUT2D eigenvalue weighted by Crippen LogP contribution is 2.33. The highest BCUT2D eigenvalue weighted by atomic mass is 79.9. The fourth-order valence-electron chi connectivity index (χ4n) is 2.44. The Morgan fingerprint density at radius 1 is 1.35 bits per heavy atom. The van der Waals surface area contributed by atoms with Crippen molar-refractivity contribution < 1.29 is 19.2 Å². The maximum Gasteiger partial charge on any atom is 0.366 e. The van der Waals surface area contributed by atoms with Crippen LogP contribution in [0.1, 0.15) is 6.92 Å². The fraction of sp³-hybridized carbons (Fsp3) is 0.188. The standard InChI is InChI=1S/C16H13BrN4O5/c1-9(16(23)18-11-4-2-10(17)3-5-11)20-14(22)8-26-12-6-7-13(21(24)25)19-15(12)20/h2-7,9H,8H2,1H3,(H,18,23). The Bertz CT molecular complexity index is 887. The molecule has 26 heavy (non-hydrogen) atoms. The van der Waals surface area contributed by atoms with Crippen LogP contribution in [0.5, 0.6) is 5.75 Å². The Morgan fingerprint density at radius 2 is 2.04 bits per heavy atom. The van der Waals surface area contributed by atoms with E-state index in [0.29, 0.717) is 5.69 Å². The number of nitro groups is 1. The average Bonchev–Trinajstić information content (AvgIpc) is 2.62. The summed E-state index contributed by atoms with van der Waals surface area (Å²) >= 11 is 3.30. The second-order valence-electron chi connectivity index (χ2n) is 5.47. The van der Waals surface area contributed by atoms with E-state index in [1.165, 1.54) is 19.1 Å². The summed E-state index contributed by atoms with van der Waals surface area (Å²) in [5.41, 5.74) is 0.554. The van der Waals surface area contributed by atoms with Gasteiger partial charge in [0.25, 0.3) is 11.7 Å². The summed E-state index contributed by atoms with van der Waals surface area (Å²) in [6.45, 7) is 1.24. The molecule has 2 amide bonds. The second-order valence-corrected chi connectivity index (χ2v) is 6.39. The van der Waals surface area contributed by atoms with Crippen LogP contribution in [0, 0.1) is 10.1 Å². The van der Waals surface area contributed by atoms with E-state index in [0.717, 1.165) is 9.37 Å². The minimum atomic E-state index is -0.941. The molecule has 134 valence electrons. The normalized spacial score (nSPS) is 14.2. The zero-order valence-corrected chi connectivity index (χ0v) is 15.1. The van der Waals surface area contributed by atoms with Gasteiger partial charge in [0.05, 0.1) is 0 Å². The molecule has 10 heteroatoms. The summed E-state index contributed by atoms with van der Waals surface area (Å²) in [5, 5.41) is 13.7. The average molecular weight is 421 g/mol. The summed E-state index contributed by atoms with van der Waals surface area (Å²) in [4.78, 5) is 40.1. The summed E-state index contributed by atoms with van der Waals surface area (Å²) in [7, 11) is 0. The molecule has 0 bridgehead atoms. The van der Waals surface area contributed by atoms with Gasteiger partial charge in [0.15, 0.2) is 12.4 Å². The number of ether oxygens (including phenoxy) is 1. The van der Waals surface area contributed by atoms with E-state index in [9.17, 15) is 19.7 Å². The van der Waals surface area contributed by atoms with Gasteiger partial charge in [-0.3, -0.25) is 14.5 Å². The predicted octanol–water partition coefficient (Wildman–Crippen LogP) is 2.50. The molecule has 1 N–H and O–H groups in total. The molecular formula is C16H13BrN4O5. The lowest BCUT2D eigenvalue weighted by Gasteiger charge is -2.29. The van der Waals surface area contributed by atoms with Gasteiger partial charge in [0.2, 0.25) is 5.91 Å². The summed E-state index contributed by atoms with van der Waals surface area (Å²) in [6.07, 6.45) is 0. The number of fused-ring (bicyclic) bond motifs is 1. The monoisotopic (exact) mass is 420 g/mol. The molecule has 1 unspecified atom stereocenters. The molecular weight excluding hydrogens is 408 g/mol. The Morgan fingerprint density at radius 3 is 2.69 bits per heavy atom. The van der Waals surface area contributed by atoms with E-state index >= 15 is 0 Å². The number of halogens is 1. The van der Waals surface area contributed by atoms with Gasteiger partial charge < -0.3 is 20.2 Å². The van der Waals surface area contributed by atoms with Gasteiger partial charge in [-0.1, -0.05) is 15.9 Å². The Hall–Kier alpha value is -3.01. The van der Waals surface area contributed by atoms with Gasteiger partial charge in [-0.2, -0.15) is 0 Å². The quantitative estimate of drug-likeness (QED) is 0.599. The maximum absolute atomic E-state index is 12.6. The summed E-state index contributed by atoms with van der Waals surface area (Å²) in [6, 6.07) is 8.53. The minimum Gasteiger partial charge on any atom is -0.477 e. The van der Waals surface area contributed by atoms with Gasteiger partial charge in [0.1, 0.15) is 6.04 Å². The molecule has 1 aliphatic heterocycles. The van der Waals surface area contributed by atoms with E-state index < -0.39 is 28.6 Å². The third-order valence-corrected chi connectivity index (χ3v) is 4.27. The first kappa shape index (κ1) is 17.8. The van der Waals surface area contributed by atoms with Crippen molar-refractivity contribution in [3.05, 3.63) is 51.0 Å². The lowest BCUT2D eigenvalue weighted by atomic mass is 10.2. The first-order valence-corrected chi connectivity index (χ1v) is 8.33. The predicted molar refractivity (Wildman–Crippen MR) is 96.1 cm³/mol. The van der Waals surface area contributed by atoms with E-state index in [2.05, 4.69) is 26.2 Å². The Labute approximate surface area is 156 Å². The number of carbonyl (C=O) groups excluding carboxylic acids is 2. The van der Waals surface area contributed by atoms with Crippen molar-refractivity contribution in [2.75, 3.05) is 16.8 Å². The molecule has 9 nitrogen and oxygen atoms in total. The van der Waals surface area contributed by atoms with E-state index in [1.807, 2.05) is 0 Å². The Kier molecular flexibility index (Phi) is 4.85. The van der Waals surface area contributed by atoms with Gasteiger partial charge in [-0.05, 0) is 47.2 Å². The SMILES string of the molecule is CC(C(=O)Nc1ccc(Br)cc1)N1C(=O)COc2ccc([N+](=O)[O-])nc21. The third-order valence-electron chi connectivity index (χ3n) is 3.74. The number of benzene rings is 1. The number of amides is 2. The molecule has 0 saturated carbocycles. The number of aromatic nitrogens is 1. The molecule has 0 radical (unpaired) electrons. The molecule has 1 aromatic carbocycles. The van der Waals surface area contributed by atoms with E-state index in [1.54, 1.807) is 24.3 Å².